The van der Waals surface area contributed by atoms with Crippen LogP contribution in [0.3, 0.4) is 0 Å². The second-order valence-corrected chi connectivity index (χ2v) is 5.35. The Hall–Kier alpha value is -2.34. The van der Waals surface area contributed by atoms with Crippen LogP contribution in [0.1, 0.15) is 0 Å². The van der Waals surface area contributed by atoms with Crippen molar-refractivity contribution in [3.05, 3.63) is 59.0 Å². The van der Waals surface area contributed by atoms with Gasteiger partial charge in [-0.15, -0.1) is 4.79 Å². The predicted octanol–water partition coefficient (Wildman–Crippen LogP) is 0.609. The second kappa shape index (κ2) is 7.09. The molecule has 1 saturated heterocycles. The van der Waals surface area contributed by atoms with Gasteiger partial charge in [-0.05, 0) is 18.2 Å². The molecule has 1 aliphatic rings. The molecular weight excluding hydrogens is 278 g/mol. The first-order chi connectivity index (χ1) is 10.8. The lowest BCUT2D eigenvalue weighted by Gasteiger charge is -2.36. The molecule has 0 radical (unpaired) electrons. The van der Waals surface area contributed by atoms with Crippen molar-refractivity contribution < 1.29 is 0 Å². The van der Waals surface area contributed by atoms with Crippen LogP contribution in [0.25, 0.3) is 0 Å². The van der Waals surface area contributed by atoms with Crippen LogP contribution in [-0.4, -0.2) is 54.1 Å². The fourth-order valence-corrected chi connectivity index (χ4v) is 2.66. The molecule has 0 aliphatic carbocycles. The number of nitrogens with one attached hydrogen (secondary N) is 1. The van der Waals surface area contributed by atoms with Crippen LogP contribution in [0.4, 0.5) is 5.69 Å². The van der Waals surface area contributed by atoms with Gasteiger partial charge in [0, 0.05) is 57.2 Å². The highest BCUT2D eigenvalue weighted by molar-refractivity contribution is 5.46. The maximum Gasteiger partial charge on any atom is 0.285 e. The average molecular weight is 299 g/mol. The Balaban J connectivity index is 1.43. The highest BCUT2D eigenvalue weighted by Gasteiger charge is 2.16. The minimum atomic E-state index is -0.128. The van der Waals surface area contributed by atoms with E-state index >= 15 is 0 Å². The Morgan fingerprint density at radius 2 is 1.77 bits per heavy atom. The zero-order chi connectivity index (χ0) is 15.2. The number of para-hydroxylation sites is 1. The van der Waals surface area contributed by atoms with Crippen molar-refractivity contribution in [3.63, 3.8) is 0 Å². The van der Waals surface area contributed by atoms with Gasteiger partial charge in [0.1, 0.15) is 0 Å². The summed E-state index contributed by atoms with van der Waals surface area (Å²) < 4.78 is 0. The molecule has 116 valence electrons. The molecule has 6 nitrogen and oxygen atoms in total. The molecule has 0 unspecified atom stereocenters. The molecule has 2 heterocycles. The largest absolute Gasteiger partial charge is 0.369 e. The quantitative estimate of drug-likeness (QED) is 0.877. The van der Waals surface area contributed by atoms with Gasteiger partial charge in [0.2, 0.25) is 0 Å². The smallest absolute Gasteiger partial charge is 0.285 e. The number of piperazine rings is 1. The van der Waals surface area contributed by atoms with E-state index in [1.807, 2.05) is 6.07 Å². The van der Waals surface area contributed by atoms with Crippen LogP contribution in [-0.2, 0) is 0 Å². The molecule has 3 rings (SSSR count). The Labute approximate surface area is 129 Å². The molecule has 1 N–H and O–H groups in total. The van der Waals surface area contributed by atoms with Gasteiger partial charge in [0.15, 0.2) is 0 Å². The van der Waals surface area contributed by atoms with E-state index in [-0.39, 0.29) is 5.56 Å². The van der Waals surface area contributed by atoms with E-state index in [0.29, 0.717) is 6.54 Å². The SMILES string of the molecule is O=c1cccnn1NCCN1CCN(c2ccccc2)CC1. The van der Waals surface area contributed by atoms with Crippen LogP contribution in [0.15, 0.2) is 53.5 Å². The molecule has 0 amide bonds. The highest BCUT2D eigenvalue weighted by atomic mass is 16.1. The van der Waals surface area contributed by atoms with Gasteiger partial charge in [-0.3, -0.25) is 9.69 Å². The van der Waals surface area contributed by atoms with Crippen LogP contribution >= 0.6 is 0 Å². The third-order valence-electron chi connectivity index (χ3n) is 3.90. The number of rotatable bonds is 5. The summed E-state index contributed by atoms with van der Waals surface area (Å²) in [7, 11) is 0. The third-order valence-corrected chi connectivity index (χ3v) is 3.90. The molecule has 6 heteroatoms. The number of anilines is 1. The minimum absolute atomic E-state index is 0.128. The third kappa shape index (κ3) is 3.65. The number of benzene rings is 1. The van der Waals surface area contributed by atoms with Crippen molar-refractivity contribution in [1.29, 1.82) is 0 Å². The summed E-state index contributed by atoms with van der Waals surface area (Å²) in [5.41, 5.74) is 4.20. The van der Waals surface area contributed by atoms with Gasteiger partial charge in [-0.25, -0.2) is 0 Å². The molecule has 1 aromatic heterocycles. The number of aromatic nitrogens is 2. The molecule has 22 heavy (non-hydrogen) atoms. The number of hydrogen-bond acceptors (Lipinski definition) is 5. The van der Waals surface area contributed by atoms with Gasteiger partial charge in [-0.1, -0.05) is 18.2 Å². The van der Waals surface area contributed by atoms with Crippen LogP contribution in [0.2, 0.25) is 0 Å². The van der Waals surface area contributed by atoms with E-state index in [0.717, 1.165) is 32.7 Å². The molecular formula is C16H21N5O. The van der Waals surface area contributed by atoms with Crippen molar-refractivity contribution in [2.24, 2.45) is 0 Å². The topological polar surface area (TPSA) is 53.4 Å². The first kappa shape index (κ1) is 14.6. The molecule has 1 aliphatic heterocycles. The summed E-state index contributed by atoms with van der Waals surface area (Å²) in [4.78, 5) is 17.6. The molecule has 0 atom stereocenters. The predicted molar refractivity (Wildman–Crippen MR) is 87.8 cm³/mol. The van der Waals surface area contributed by atoms with Crippen molar-refractivity contribution in [2.45, 2.75) is 0 Å². The van der Waals surface area contributed by atoms with E-state index in [2.05, 4.69) is 44.6 Å². The first-order valence-corrected chi connectivity index (χ1v) is 7.63. The second-order valence-electron chi connectivity index (χ2n) is 5.35. The van der Waals surface area contributed by atoms with E-state index in [9.17, 15) is 4.79 Å². The summed E-state index contributed by atoms with van der Waals surface area (Å²) in [5, 5.41) is 3.98. The van der Waals surface area contributed by atoms with E-state index < -0.39 is 0 Å². The van der Waals surface area contributed by atoms with Crippen LogP contribution in [0, 0.1) is 0 Å². The molecule has 0 bridgehead atoms. The average Bonchev–Trinajstić information content (AvgIpc) is 2.58. The van der Waals surface area contributed by atoms with Crippen LogP contribution < -0.4 is 15.9 Å². The standard InChI is InChI=1S/C16H21N5O/c22-16-7-4-8-17-21(16)18-9-10-19-11-13-20(14-12-19)15-5-2-1-3-6-15/h1-8,18H,9-14H2. The fraction of sp³-hybridized carbons (Fsp3) is 0.375. The van der Waals surface area contributed by atoms with Crippen molar-refractivity contribution >= 4 is 5.69 Å². The Bertz CT molecular complexity index is 634. The lowest BCUT2D eigenvalue weighted by atomic mass is 10.2. The Kier molecular flexibility index (Phi) is 4.70. The molecule has 1 fully saturated rings. The fourth-order valence-electron chi connectivity index (χ4n) is 2.66. The molecule has 2 aromatic rings. The summed E-state index contributed by atoms with van der Waals surface area (Å²) in [6, 6.07) is 13.7. The van der Waals surface area contributed by atoms with E-state index in [4.69, 9.17) is 0 Å². The summed E-state index contributed by atoms with van der Waals surface area (Å²) >= 11 is 0. The number of nitrogens with zero attached hydrogens (tertiary/aromatic N) is 4. The monoisotopic (exact) mass is 299 g/mol. The Morgan fingerprint density at radius 1 is 1.00 bits per heavy atom. The normalized spacial score (nSPS) is 15.7. The van der Waals surface area contributed by atoms with Crippen molar-refractivity contribution in [3.8, 4) is 0 Å². The Morgan fingerprint density at radius 3 is 2.50 bits per heavy atom. The maximum atomic E-state index is 11.5. The lowest BCUT2D eigenvalue weighted by molar-refractivity contribution is 0.264. The number of hydrogen-bond donors (Lipinski definition) is 1. The molecule has 0 saturated carbocycles. The van der Waals surface area contributed by atoms with Gasteiger partial charge >= 0.3 is 0 Å². The lowest BCUT2D eigenvalue weighted by Crippen LogP contribution is -2.48. The first-order valence-electron chi connectivity index (χ1n) is 7.63. The maximum absolute atomic E-state index is 11.5. The highest BCUT2D eigenvalue weighted by Crippen LogP contribution is 2.15. The molecule has 0 spiro atoms. The van der Waals surface area contributed by atoms with Gasteiger partial charge in [0.25, 0.3) is 5.56 Å². The summed E-state index contributed by atoms with van der Waals surface area (Å²) in [5.74, 6) is 0. The summed E-state index contributed by atoms with van der Waals surface area (Å²) in [6.07, 6.45) is 1.60. The van der Waals surface area contributed by atoms with Gasteiger partial charge in [0.05, 0.1) is 0 Å². The van der Waals surface area contributed by atoms with E-state index in [1.54, 1.807) is 12.3 Å². The van der Waals surface area contributed by atoms with Crippen molar-refractivity contribution in [2.75, 3.05) is 49.6 Å². The summed E-state index contributed by atoms with van der Waals surface area (Å²) in [6.45, 7) is 5.76. The zero-order valence-corrected chi connectivity index (χ0v) is 12.6. The van der Waals surface area contributed by atoms with Gasteiger partial charge < -0.3 is 10.3 Å². The minimum Gasteiger partial charge on any atom is -0.369 e. The molecule has 1 aromatic carbocycles. The van der Waals surface area contributed by atoms with Gasteiger partial charge in [-0.2, -0.15) is 5.10 Å². The van der Waals surface area contributed by atoms with Crippen molar-refractivity contribution in [1.82, 2.24) is 14.8 Å². The zero-order valence-electron chi connectivity index (χ0n) is 12.6. The van der Waals surface area contributed by atoms with Crippen LogP contribution in [0.5, 0.6) is 0 Å². The van der Waals surface area contributed by atoms with E-state index in [1.165, 1.54) is 16.5 Å².